The first-order valence-electron chi connectivity index (χ1n) is 10.4. The van der Waals surface area contributed by atoms with E-state index in [1.807, 2.05) is 30.0 Å². The molecule has 3 aliphatic rings. The Morgan fingerprint density at radius 2 is 1.57 bits per heavy atom. The van der Waals surface area contributed by atoms with Crippen molar-refractivity contribution in [1.29, 1.82) is 0 Å². The third kappa shape index (κ3) is 3.27. The Bertz CT molecular complexity index is 1100. The SMILES string of the molecule is c1ccc2c(c1)OCC(c1ccc3c(c1)CCC(c1ccc4c(c1)OCCO4)O3)S2. The predicted molar refractivity (Wildman–Crippen MR) is 116 cm³/mol. The third-order valence-electron chi connectivity index (χ3n) is 5.85. The molecule has 0 radical (unpaired) electrons. The predicted octanol–water partition coefficient (Wildman–Crippen LogP) is 5.75. The minimum atomic E-state index is 0.0402. The molecule has 6 rings (SSSR count). The lowest BCUT2D eigenvalue weighted by atomic mass is 9.95. The molecule has 5 heteroatoms. The smallest absolute Gasteiger partial charge is 0.161 e. The average molecular weight is 419 g/mol. The largest absolute Gasteiger partial charge is 0.491 e. The number of hydrogen-bond donors (Lipinski definition) is 0. The molecule has 0 bridgehead atoms. The van der Waals surface area contributed by atoms with Crippen LogP contribution in [0.5, 0.6) is 23.0 Å². The van der Waals surface area contributed by atoms with Crippen LogP contribution in [0.1, 0.15) is 34.5 Å². The van der Waals surface area contributed by atoms with Crippen LogP contribution < -0.4 is 18.9 Å². The highest BCUT2D eigenvalue weighted by molar-refractivity contribution is 7.99. The molecule has 2 atom stereocenters. The van der Waals surface area contributed by atoms with Crippen LogP contribution in [0.2, 0.25) is 0 Å². The van der Waals surface area contributed by atoms with Gasteiger partial charge in [0.05, 0.1) is 10.1 Å². The standard InChI is InChI=1S/C25H22O4S/c1-2-4-24-22(3-1)28-15-25(30-24)18-7-9-19-16(13-18)5-8-20(29-19)17-6-10-21-23(14-17)27-12-11-26-21/h1-4,6-7,9-10,13-14,20,25H,5,8,11-12,15H2. The van der Waals surface area contributed by atoms with Crippen LogP contribution >= 0.6 is 11.8 Å². The van der Waals surface area contributed by atoms with Crippen molar-refractivity contribution in [3.05, 3.63) is 77.4 Å². The number of rotatable bonds is 2. The van der Waals surface area contributed by atoms with E-state index in [-0.39, 0.29) is 6.10 Å². The van der Waals surface area contributed by atoms with E-state index in [1.165, 1.54) is 16.0 Å². The minimum Gasteiger partial charge on any atom is -0.491 e. The van der Waals surface area contributed by atoms with Crippen LogP contribution in [0.15, 0.2) is 65.6 Å². The molecule has 3 aromatic rings. The summed E-state index contributed by atoms with van der Waals surface area (Å²) in [5.41, 5.74) is 3.72. The third-order valence-corrected chi connectivity index (χ3v) is 7.13. The van der Waals surface area contributed by atoms with Gasteiger partial charge in [-0.25, -0.2) is 0 Å². The molecule has 0 spiro atoms. The van der Waals surface area contributed by atoms with Gasteiger partial charge in [0.25, 0.3) is 0 Å². The van der Waals surface area contributed by atoms with Crippen LogP contribution in [0, 0.1) is 0 Å². The van der Waals surface area contributed by atoms with E-state index >= 15 is 0 Å². The minimum absolute atomic E-state index is 0.0402. The van der Waals surface area contributed by atoms with Crippen molar-refractivity contribution < 1.29 is 18.9 Å². The molecular weight excluding hydrogens is 396 g/mol. The van der Waals surface area contributed by atoms with Crippen LogP contribution in [0.3, 0.4) is 0 Å². The summed E-state index contributed by atoms with van der Waals surface area (Å²) in [5.74, 6) is 3.60. The lowest BCUT2D eigenvalue weighted by molar-refractivity contribution is 0.164. The number of fused-ring (bicyclic) bond motifs is 3. The number of thioether (sulfide) groups is 1. The van der Waals surface area contributed by atoms with Gasteiger partial charge in [-0.2, -0.15) is 0 Å². The zero-order chi connectivity index (χ0) is 19.9. The van der Waals surface area contributed by atoms with Crippen molar-refractivity contribution in [2.45, 2.75) is 29.1 Å². The van der Waals surface area contributed by atoms with E-state index in [9.17, 15) is 0 Å². The van der Waals surface area contributed by atoms with Gasteiger partial charge in [0.1, 0.15) is 37.4 Å². The Hall–Kier alpha value is -2.79. The molecule has 4 nitrogen and oxygen atoms in total. The number of benzene rings is 3. The second-order valence-corrected chi connectivity index (χ2v) is 9.02. The molecule has 0 saturated heterocycles. The summed E-state index contributed by atoms with van der Waals surface area (Å²) in [7, 11) is 0. The summed E-state index contributed by atoms with van der Waals surface area (Å²) in [6, 6.07) is 21.0. The molecule has 0 fully saturated rings. The van der Waals surface area contributed by atoms with E-state index < -0.39 is 0 Å². The summed E-state index contributed by atoms with van der Waals surface area (Å²) >= 11 is 1.88. The fraction of sp³-hybridized carbons (Fsp3) is 0.280. The molecule has 0 aromatic heterocycles. The Morgan fingerprint density at radius 3 is 2.53 bits per heavy atom. The van der Waals surface area contributed by atoms with Gasteiger partial charge in [-0.05, 0) is 59.9 Å². The van der Waals surface area contributed by atoms with Crippen LogP contribution in [0.25, 0.3) is 0 Å². The molecule has 3 heterocycles. The second kappa shape index (κ2) is 7.47. The van der Waals surface area contributed by atoms with E-state index in [1.54, 1.807) is 0 Å². The van der Waals surface area contributed by atoms with Crippen molar-refractivity contribution in [2.24, 2.45) is 0 Å². The molecule has 2 unspecified atom stereocenters. The van der Waals surface area contributed by atoms with Crippen molar-refractivity contribution in [3.8, 4) is 23.0 Å². The first kappa shape index (κ1) is 18.0. The number of hydrogen-bond acceptors (Lipinski definition) is 5. The van der Waals surface area contributed by atoms with Crippen molar-refractivity contribution >= 4 is 11.8 Å². The van der Waals surface area contributed by atoms with Gasteiger partial charge in [0, 0.05) is 0 Å². The second-order valence-electron chi connectivity index (χ2n) is 7.78. The first-order chi connectivity index (χ1) is 14.8. The number of aryl methyl sites for hydroxylation is 1. The zero-order valence-corrected chi connectivity index (χ0v) is 17.3. The van der Waals surface area contributed by atoms with E-state index in [0.29, 0.717) is 25.1 Å². The van der Waals surface area contributed by atoms with E-state index in [2.05, 4.69) is 42.5 Å². The molecule has 0 saturated carbocycles. The van der Waals surface area contributed by atoms with Crippen molar-refractivity contribution in [2.75, 3.05) is 19.8 Å². The quantitative estimate of drug-likeness (QED) is 0.530. The molecular formula is C25H22O4S. The summed E-state index contributed by atoms with van der Waals surface area (Å²) in [6.45, 7) is 1.90. The highest BCUT2D eigenvalue weighted by Crippen LogP contribution is 2.46. The Kier molecular flexibility index (Phi) is 4.49. The molecule has 0 aliphatic carbocycles. The van der Waals surface area contributed by atoms with Crippen LogP contribution in [0.4, 0.5) is 0 Å². The van der Waals surface area contributed by atoms with Gasteiger partial charge in [-0.1, -0.05) is 30.3 Å². The Labute approximate surface area is 180 Å². The topological polar surface area (TPSA) is 36.9 Å². The van der Waals surface area contributed by atoms with Gasteiger partial charge in [-0.3, -0.25) is 0 Å². The fourth-order valence-corrected chi connectivity index (χ4v) is 5.41. The maximum atomic E-state index is 6.37. The van der Waals surface area contributed by atoms with E-state index in [0.717, 1.165) is 41.4 Å². The van der Waals surface area contributed by atoms with Gasteiger partial charge < -0.3 is 18.9 Å². The Balaban J connectivity index is 1.21. The lowest BCUT2D eigenvalue weighted by Gasteiger charge is -2.29. The van der Waals surface area contributed by atoms with Gasteiger partial charge in [-0.15, -0.1) is 11.8 Å². The molecule has 0 N–H and O–H groups in total. The van der Waals surface area contributed by atoms with Crippen LogP contribution in [-0.4, -0.2) is 19.8 Å². The summed E-state index contributed by atoms with van der Waals surface area (Å²) < 4.78 is 23.7. The molecule has 0 amide bonds. The maximum Gasteiger partial charge on any atom is 0.161 e. The summed E-state index contributed by atoms with van der Waals surface area (Å²) in [6.07, 6.45) is 1.99. The van der Waals surface area contributed by atoms with Crippen molar-refractivity contribution in [1.82, 2.24) is 0 Å². The Morgan fingerprint density at radius 1 is 0.733 bits per heavy atom. The highest BCUT2D eigenvalue weighted by Gasteiger charge is 2.26. The molecule has 3 aliphatic heterocycles. The van der Waals surface area contributed by atoms with Gasteiger partial charge >= 0.3 is 0 Å². The van der Waals surface area contributed by atoms with Gasteiger partial charge in [0.2, 0.25) is 0 Å². The number of para-hydroxylation sites is 1. The lowest BCUT2D eigenvalue weighted by Crippen LogP contribution is -2.18. The number of ether oxygens (including phenoxy) is 4. The van der Waals surface area contributed by atoms with Gasteiger partial charge in [0.15, 0.2) is 11.5 Å². The zero-order valence-electron chi connectivity index (χ0n) is 16.5. The molecule has 152 valence electrons. The van der Waals surface area contributed by atoms with Crippen LogP contribution in [-0.2, 0) is 6.42 Å². The molecule has 30 heavy (non-hydrogen) atoms. The monoisotopic (exact) mass is 418 g/mol. The summed E-state index contributed by atoms with van der Waals surface area (Å²) in [5, 5.41) is 0.306. The maximum absolute atomic E-state index is 6.37. The van der Waals surface area contributed by atoms with E-state index in [4.69, 9.17) is 18.9 Å². The average Bonchev–Trinajstić information content (AvgIpc) is 2.83. The first-order valence-corrected chi connectivity index (χ1v) is 11.3. The normalized spacial score (nSPS) is 21.6. The highest BCUT2D eigenvalue weighted by atomic mass is 32.2. The fourth-order valence-electron chi connectivity index (χ4n) is 4.29. The van der Waals surface area contributed by atoms with Crippen molar-refractivity contribution in [3.63, 3.8) is 0 Å². The molecule has 3 aromatic carbocycles. The summed E-state index contributed by atoms with van der Waals surface area (Å²) in [4.78, 5) is 1.21.